The summed E-state index contributed by atoms with van der Waals surface area (Å²) in [5, 5.41) is 1.82. The zero-order chi connectivity index (χ0) is 7.98. The van der Waals surface area contributed by atoms with Gasteiger partial charge in [0.15, 0.2) is 0 Å². The van der Waals surface area contributed by atoms with Crippen LogP contribution in [0.5, 0.6) is 0 Å². The Morgan fingerprint density at radius 2 is 2.20 bits per heavy atom. The van der Waals surface area contributed by atoms with E-state index in [4.69, 9.17) is 5.73 Å². The van der Waals surface area contributed by atoms with Gasteiger partial charge in [0.1, 0.15) is 0 Å². The van der Waals surface area contributed by atoms with E-state index >= 15 is 0 Å². The summed E-state index contributed by atoms with van der Waals surface area (Å²) in [5.41, 5.74) is 4.93. The molecule has 0 spiro atoms. The summed E-state index contributed by atoms with van der Waals surface area (Å²) < 4.78 is 0. The molecule has 1 aromatic heterocycles. The highest BCUT2D eigenvalue weighted by Crippen LogP contribution is 2.05. The van der Waals surface area contributed by atoms with Crippen molar-refractivity contribution in [3.05, 3.63) is 22.4 Å². The van der Waals surface area contributed by atoms with E-state index in [2.05, 4.69) is 0 Å². The van der Waals surface area contributed by atoms with Gasteiger partial charge in [-0.1, -0.05) is 19.9 Å². The molecule has 0 unspecified atom stereocenters. The van der Waals surface area contributed by atoms with E-state index in [9.17, 15) is 4.79 Å². The standard InChI is InChI=1S/C5H5NOS.C2H6/c6-5(7)4-2-1-3-8-4;1-2/h1-3H,(H2,6,7);1-2H3. The first-order valence-corrected chi connectivity index (χ1v) is 4.02. The van der Waals surface area contributed by atoms with Crippen molar-refractivity contribution in [1.29, 1.82) is 0 Å². The lowest BCUT2D eigenvalue weighted by Gasteiger charge is -1.80. The summed E-state index contributed by atoms with van der Waals surface area (Å²) in [6.07, 6.45) is 0. The minimum absolute atomic E-state index is 0.347. The van der Waals surface area contributed by atoms with Crippen LogP contribution in [0, 0.1) is 0 Å². The Labute approximate surface area is 64.7 Å². The first-order valence-electron chi connectivity index (χ1n) is 3.14. The van der Waals surface area contributed by atoms with E-state index in [1.54, 1.807) is 12.1 Å². The molecule has 0 saturated heterocycles. The maximum Gasteiger partial charge on any atom is 0.258 e. The summed E-state index contributed by atoms with van der Waals surface area (Å²) in [5.74, 6) is -0.347. The molecule has 1 rings (SSSR count). The first kappa shape index (κ1) is 9.17. The second kappa shape index (κ2) is 4.99. The van der Waals surface area contributed by atoms with Crippen LogP contribution in [0.1, 0.15) is 23.5 Å². The number of hydrogen-bond donors (Lipinski definition) is 1. The molecule has 0 aromatic carbocycles. The number of thiophene rings is 1. The predicted molar refractivity (Wildman–Crippen MR) is 44.2 cm³/mol. The van der Waals surface area contributed by atoms with Crippen molar-refractivity contribution in [2.24, 2.45) is 5.73 Å². The SMILES string of the molecule is CC.NC(=O)c1cccs1. The van der Waals surface area contributed by atoms with Gasteiger partial charge in [-0.25, -0.2) is 0 Å². The van der Waals surface area contributed by atoms with Crippen LogP contribution < -0.4 is 5.73 Å². The second-order valence-electron chi connectivity index (χ2n) is 1.34. The quantitative estimate of drug-likeness (QED) is 0.664. The van der Waals surface area contributed by atoms with Gasteiger partial charge in [-0.2, -0.15) is 0 Å². The molecule has 0 aliphatic carbocycles. The number of carbonyl (C=O) groups excluding carboxylic acids is 1. The van der Waals surface area contributed by atoms with Crippen LogP contribution in [0.2, 0.25) is 0 Å². The van der Waals surface area contributed by atoms with E-state index in [0.717, 1.165) is 0 Å². The molecule has 1 amide bonds. The van der Waals surface area contributed by atoms with E-state index in [0.29, 0.717) is 4.88 Å². The summed E-state index contributed by atoms with van der Waals surface area (Å²) in [4.78, 5) is 10.9. The molecule has 56 valence electrons. The maximum absolute atomic E-state index is 10.3. The van der Waals surface area contributed by atoms with Gasteiger partial charge in [-0.05, 0) is 11.4 Å². The number of nitrogens with two attached hydrogens (primary N) is 1. The van der Waals surface area contributed by atoms with Crippen molar-refractivity contribution in [2.45, 2.75) is 13.8 Å². The van der Waals surface area contributed by atoms with Gasteiger partial charge in [0.2, 0.25) is 0 Å². The third-order valence-corrected chi connectivity index (χ3v) is 1.65. The topological polar surface area (TPSA) is 43.1 Å². The largest absolute Gasteiger partial charge is 0.365 e. The Morgan fingerprint density at radius 3 is 2.40 bits per heavy atom. The van der Waals surface area contributed by atoms with Gasteiger partial charge in [-0.15, -0.1) is 11.3 Å². The van der Waals surface area contributed by atoms with Crippen LogP contribution >= 0.6 is 11.3 Å². The van der Waals surface area contributed by atoms with Crippen molar-refractivity contribution in [2.75, 3.05) is 0 Å². The minimum atomic E-state index is -0.347. The average Bonchev–Trinajstić information content (AvgIpc) is 2.42. The lowest BCUT2D eigenvalue weighted by Crippen LogP contribution is -2.07. The second-order valence-corrected chi connectivity index (χ2v) is 2.29. The van der Waals surface area contributed by atoms with Crippen molar-refractivity contribution in [3.63, 3.8) is 0 Å². The lowest BCUT2D eigenvalue weighted by atomic mass is 10.5. The fourth-order valence-electron chi connectivity index (χ4n) is 0.419. The van der Waals surface area contributed by atoms with E-state index in [1.807, 2.05) is 19.2 Å². The first-order chi connectivity index (χ1) is 4.80. The number of primary amides is 1. The molecular formula is C7H11NOS. The molecule has 0 bridgehead atoms. The van der Waals surface area contributed by atoms with E-state index in [1.165, 1.54) is 11.3 Å². The molecule has 0 fully saturated rings. The smallest absolute Gasteiger partial charge is 0.258 e. The van der Waals surface area contributed by atoms with Crippen molar-refractivity contribution in [1.82, 2.24) is 0 Å². The predicted octanol–water partition coefficient (Wildman–Crippen LogP) is 1.87. The normalized spacial score (nSPS) is 7.80. The Kier molecular flexibility index (Phi) is 4.58. The average molecular weight is 157 g/mol. The molecule has 2 N–H and O–H groups in total. The fraction of sp³-hybridized carbons (Fsp3) is 0.286. The molecule has 0 aliphatic rings. The molecular weight excluding hydrogens is 146 g/mol. The van der Waals surface area contributed by atoms with Gasteiger partial charge in [-0.3, -0.25) is 4.79 Å². The van der Waals surface area contributed by atoms with Crippen molar-refractivity contribution < 1.29 is 4.79 Å². The van der Waals surface area contributed by atoms with Gasteiger partial charge in [0.25, 0.3) is 5.91 Å². The lowest BCUT2D eigenvalue weighted by molar-refractivity contribution is 0.100. The number of rotatable bonds is 1. The molecule has 0 radical (unpaired) electrons. The Hall–Kier alpha value is -0.830. The van der Waals surface area contributed by atoms with Gasteiger partial charge in [0, 0.05) is 0 Å². The van der Waals surface area contributed by atoms with Crippen LogP contribution in [0.25, 0.3) is 0 Å². The summed E-state index contributed by atoms with van der Waals surface area (Å²) in [6.45, 7) is 4.00. The molecule has 0 saturated carbocycles. The van der Waals surface area contributed by atoms with Crippen LogP contribution in [-0.2, 0) is 0 Å². The van der Waals surface area contributed by atoms with Crippen molar-refractivity contribution >= 4 is 17.2 Å². The molecule has 1 heterocycles. The molecule has 2 nitrogen and oxygen atoms in total. The number of amides is 1. The Balaban J connectivity index is 0.000000371. The Bertz CT molecular complexity index is 181. The van der Waals surface area contributed by atoms with Crippen LogP contribution in [-0.4, -0.2) is 5.91 Å². The zero-order valence-corrected chi connectivity index (χ0v) is 6.94. The summed E-state index contributed by atoms with van der Waals surface area (Å²) in [7, 11) is 0. The Morgan fingerprint density at radius 1 is 1.60 bits per heavy atom. The monoisotopic (exact) mass is 157 g/mol. The number of carbonyl (C=O) groups is 1. The maximum atomic E-state index is 10.3. The van der Waals surface area contributed by atoms with E-state index < -0.39 is 0 Å². The van der Waals surface area contributed by atoms with Crippen LogP contribution in [0.15, 0.2) is 17.5 Å². The minimum Gasteiger partial charge on any atom is -0.365 e. The molecule has 0 atom stereocenters. The third kappa shape index (κ3) is 2.64. The molecule has 10 heavy (non-hydrogen) atoms. The van der Waals surface area contributed by atoms with E-state index in [-0.39, 0.29) is 5.91 Å². The third-order valence-electron chi connectivity index (χ3n) is 0.764. The number of hydrogen-bond acceptors (Lipinski definition) is 2. The van der Waals surface area contributed by atoms with Gasteiger partial charge < -0.3 is 5.73 Å². The van der Waals surface area contributed by atoms with Crippen LogP contribution in [0.4, 0.5) is 0 Å². The molecule has 0 aliphatic heterocycles. The van der Waals surface area contributed by atoms with Crippen LogP contribution in [0.3, 0.4) is 0 Å². The van der Waals surface area contributed by atoms with Gasteiger partial charge >= 0.3 is 0 Å². The van der Waals surface area contributed by atoms with Gasteiger partial charge in [0.05, 0.1) is 4.88 Å². The summed E-state index contributed by atoms with van der Waals surface area (Å²) >= 11 is 1.36. The highest BCUT2D eigenvalue weighted by atomic mass is 32.1. The highest BCUT2D eigenvalue weighted by Gasteiger charge is 1.96. The summed E-state index contributed by atoms with van der Waals surface area (Å²) in [6, 6.07) is 3.50. The highest BCUT2D eigenvalue weighted by molar-refractivity contribution is 7.12. The molecule has 1 aromatic rings. The fourth-order valence-corrected chi connectivity index (χ4v) is 0.996. The zero-order valence-electron chi connectivity index (χ0n) is 6.13. The van der Waals surface area contributed by atoms with Crippen molar-refractivity contribution in [3.8, 4) is 0 Å². The molecule has 3 heteroatoms.